The van der Waals surface area contributed by atoms with E-state index >= 15 is 0 Å². The molecule has 0 aliphatic rings. The van der Waals surface area contributed by atoms with Gasteiger partial charge in [-0.05, 0) is 37.1 Å². The minimum Gasteiger partial charge on any atom is -0.497 e. The topological polar surface area (TPSA) is 48.4 Å². The Kier molecular flexibility index (Phi) is 3.49. The quantitative estimate of drug-likeness (QED) is 0.880. The lowest BCUT2D eigenvalue weighted by Crippen LogP contribution is -2.13. The van der Waals surface area contributed by atoms with E-state index in [1.165, 1.54) is 5.56 Å². The first-order chi connectivity index (χ1) is 8.20. The summed E-state index contributed by atoms with van der Waals surface area (Å²) >= 11 is 0. The van der Waals surface area contributed by atoms with Crippen LogP contribution in [0.15, 0.2) is 41.0 Å². The first kappa shape index (κ1) is 11.7. The van der Waals surface area contributed by atoms with Crippen LogP contribution >= 0.6 is 0 Å². The largest absolute Gasteiger partial charge is 0.497 e. The summed E-state index contributed by atoms with van der Waals surface area (Å²) in [6, 6.07) is 9.88. The van der Waals surface area contributed by atoms with Gasteiger partial charge in [0.2, 0.25) is 0 Å². The first-order valence-electron chi connectivity index (χ1n) is 5.63. The van der Waals surface area contributed by atoms with Crippen LogP contribution in [-0.4, -0.2) is 7.11 Å². The maximum Gasteiger partial charge on any atom is 0.118 e. The molecule has 2 N–H and O–H groups in total. The fourth-order valence-corrected chi connectivity index (χ4v) is 1.90. The van der Waals surface area contributed by atoms with Crippen LogP contribution in [0, 0.1) is 6.92 Å². The number of rotatable bonds is 4. The minimum absolute atomic E-state index is 0.0258. The van der Waals surface area contributed by atoms with Crippen molar-refractivity contribution in [1.82, 2.24) is 0 Å². The van der Waals surface area contributed by atoms with Gasteiger partial charge in [0, 0.05) is 11.6 Å². The van der Waals surface area contributed by atoms with E-state index in [4.69, 9.17) is 14.9 Å². The number of methoxy groups -OCH3 is 1. The summed E-state index contributed by atoms with van der Waals surface area (Å²) in [6.45, 7) is 1.93. The third-order valence-corrected chi connectivity index (χ3v) is 2.91. The summed E-state index contributed by atoms with van der Waals surface area (Å²) in [5.41, 5.74) is 8.42. The van der Waals surface area contributed by atoms with E-state index in [9.17, 15) is 0 Å². The van der Waals surface area contributed by atoms with Crippen LogP contribution in [0.2, 0.25) is 0 Å². The molecule has 1 heterocycles. The number of aryl methyl sites for hydroxylation is 1. The van der Waals surface area contributed by atoms with E-state index in [2.05, 4.69) is 0 Å². The molecule has 0 aliphatic carbocycles. The van der Waals surface area contributed by atoms with Gasteiger partial charge in [0.1, 0.15) is 11.5 Å². The average molecular weight is 231 g/mol. The molecule has 1 unspecified atom stereocenters. The molecule has 0 bridgehead atoms. The maximum absolute atomic E-state index is 6.15. The number of furan rings is 1. The third kappa shape index (κ3) is 2.68. The van der Waals surface area contributed by atoms with Crippen molar-refractivity contribution in [2.45, 2.75) is 19.4 Å². The molecule has 0 spiro atoms. The summed E-state index contributed by atoms with van der Waals surface area (Å²) in [4.78, 5) is 0. The number of nitrogens with two attached hydrogens (primary N) is 1. The van der Waals surface area contributed by atoms with E-state index < -0.39 is 0 Å². The Balaban J connectivity index is 2.07. The Morgan fingerprint density at radius 2 is 1.94 bits per heavy atom. The number of ether oxygens (including phenoxy) is 1. The third-order valence-electron chi connectivity index (χ3n) is 2.91. The molecule has 0 aliphatic heterocycles. The van der Waals surface area contributed by atoms with E-state index in [0.29, 0.717) is 0 Å². The normalized spacial score (nSPS) is 12.4. The highest BCUT2D eigenvalue weighted by molar-refractivity contribution is 5.29. The molecule has 90 valence electrons. The van der Waals surface area contributed by atoms with Crippen molar-refractivity contribution in [2.75, 3.05) is 7.11 Å². The second kappa shape index (κ2) is 5.06. The van der Waals surface area contributed by atoms with Crippen molar-refractivity contribution in [2.24, 2.45) is 5.73 Å². The van der Waals surface area contributed by atoms with E-state index in [-0.39, 0.29) is 6.04 Å². The lowest BCUT2D eigenvalue weighted by molar-refractivity contribution is 0.414. The van der Waals surface area contributed by atoms with E-state index in [1.807, 2.05) is 37.3 Å². The maximum atomic E-state index is 6.15. The van der Waals surface area contributed by atoms with Gasteiger partial charge < -0.3 is 14.9 Å². The van der Waals surface area contributed by atoms with Crippen molar-refractivity contribution in [1.29, 1.82) is 0 Å². The molecular weight excluding hydrogens is 214 g/mol. The monoisotopic (exact) mass is 231 g/mol. The fourth-order valence-electron chi connectivity index (χ4n) is 1.90. The zero-order valence-electron chi connectivity index (χ0n) is 10.1. The van der Waals surface area contributed by atoms with Crippen LogP contribution < -0.4 is 10.5 Å². The van der Waals surface area contributed by atoms with Gasteiger partial charge in [-0.2, -0.15) is 0 Å². The van der Waals surface area contributed by atoms with Crippen molar-refractivity contribution in [3.63, 3.8) is 0 Å². The molecular formula is C14H17NO2. The molecule has 0 saturated heterocycles. The predicted octanol–water partition coefficient (Wildman–Crippen LogP) is 2.84. The van der Waals surface area contributed by atoms with Gasteiger partial charge in [0.25, 0.3) is 0 Å². The molecule has 2 aromatic rings. The van der Waals surface area contributed by atoms with Gasteiger partial charge in [0.15, 0.2) is 0 Å². The molecule has 1 atom stereocenters. The second-order valence-electron chi connectivity index (χ2n) is 4.09. The Morgan fingerprint density at radius 3 is 2.47 bits per heavy atom. The van der Waals surface area contributed by atoms with Crippen LogP contribution in [0.25, 0.3) is 0 Å². The molecule has 3 heteroatoms. The lowest BCUT2D eigenvalue weighted by Gasteiger charge is -2.11. The SMILES string of the molecule is COc1ccc(CC(N)c2ccoc2C)cc1. The predicted molar refractivity (Wildman–Crippen MR) is 67.1 cm³/mol. The molecule has 0 radical (unpaired) electrons. The van der Waals surface area contributed by atoms with Crippen molar-refractivity contribution in [3.8, 4) is 5.75 Å². The molecule has 1 aromatic carbocycles. The highest BCUT2D eigenvalue weighted by Gasteiger charge is 2.11. The van der Waals surface area contributed by atoms with Crippen LogP contribution in [0.4, 0.5) is 0 Å². The van der Waals surface area contributed by atoms with Gasteiger partial charge in [-0.1, -0.05) is 12.1 Å². The number of benzene rings is 1. The summed E-state index contributed by atoms with van der Waals surface area (Å²) in [5, 5.41) is 0. The van der Waals surface area contributed by atoms with Gasteiger partial charge >= 0.3 is 0 Å². The molecule has 1 aromatic heterocycles. The Morgan fingerprint density at radius 1 is 1.24 bits per heavy atom. The first-order valence-corrected chi connectivity index (χ1v) is 5.63. The molecule has 0 saturated carbocycles. The molecule has 3 nitrogen and oxygen atoms in total. The van der Waals surface area contributed by atoms with Crippen molar-refractivity contribution in [3.05, 3.63) is 53.5 Å². The zero-order valence-corrected chi connectivity index (χ0v) is 10.1. The number of hydrogen-bond acceptors (Lipinski definition) is 3. The Hall–Kier alpha value is -1.74. The van der Waals surface area contributed by atoms with Crippen molar-refractivity contribution < 1.29 is 9.15 Å². The smallest absolute Gasteiger partial charge is 0.118 e. The Labute approximate surface area is 101 Å². The van der Waals surface area contributed by atoms with E-state index in [0.717, 1.165) is 23.5 Å². The highest BCUT2D eigenvalue weighted by Crippen LogP contribution is 2.21. The fraction of sp³-hybridized carbons (Fsp3) is 0.286. The Bertz CT molecular complexity index is 473. The minimum atomic E-state index is -0.0258. The van der Waals surface area contributed by atoms with Crippen LogP contribution in [0.5, 0.6) is 5.75 Å². The number of hydrogen-bond donors (Lipinski definition) is 1. The zero-order chi connectivity index (χ0) is 12.3. The van der Waals surface area contributed by atoms with Crippen molar-refractivity contribution >= 4 is 0 Å². The molecule has 2 rings (SSSR count). The standard InChI is InChI=1S/C14H17NO2/c1-10-13(7-8-17-10)14(15)9-11-3-5-12(16-2)6-4-11/h3-8,14H,9,15H2,1-2H3. The van der Waals surface area contributed by atoms with Gasteiger partial charge in [-0.15, -0.1) is 0 Å². The van der Waals surface area contributed by atoms with E-state index in [1.54, 1.807) is 13.4 Å². The average Bonchev–Trinajstić information content (AvgIpc) is 2.76. The van der Waals surface area contributed by atoms with Gasteiger partial charge in [0.05, 0.1) is 13.4 Å². The second-order valence-corrected chi connectivity index (χ2v) is 4.09. The summed E-state index contributed by atoms with van der Waals surface area (Å²) in [5.74, 6) is 1.76. The molecule has 17 heavy (non-hydrogen) atoms. The van der Waals surface area contributed by atoms with Crippen LogP contribution in [0.3, 0.4) is 0 Å². The molecule has 0 amide bonds. The van der Waals surface area contributed by atoms with Crippen LogP contribution in [0.1, 0.15) is 22.9 Å². The molecule has 0 fully saturated rings. The summed E-state index contributed by atoms with van der Waals surface area (Å²) in [7, 11) is 1.66. The van der Waals surface area contributed by atoms with Gasteiger partial charge in [-0.3, -0.25) is 0 Å². The summed E-state index contributed by atoms with van der Waals surface area (Å²) < 4.78 is 10.4. The summed E-state index contributed by atoms with van der Waals surface area (Å²) in [6.07, 6.45) is 2.48. The van der Waals surface area contributed by atoms with Crippen LogP contribution in [-0.2, 0) is 6.42 Å². The highest BCUT2D eigenvalue weighted by atomic mass is 16.5. The lowest BCUT2D eigenvalue weighted by atomic mass is 10.0. The van der Waals surface area contributed by atoms with Gasteiger partial charge in [-0.25, -0.2) is 0 Å².